The fraction of sp³-hybridized carbons (Fsp3) is 0.800. The molecule has 0 aromatic carbocycles. The van der Waals surface area contributed by atoms with Crippen molar-refractivity contribution in [3.05, 3.63) is 0 Å². The van der Waals surface area contributed by atoms with Crippen LogP contribution >= 0.6 is 0 Å². The van der Waals surface area contributed by atoms with E-state index in [1.54, 1.807) is 0 Å². The Labute approximate surface area is 85.2 Å². The van der Waals surface area contributed by atoms with Crippen molar-refractivity contribution < 1.29 is 14.4 Å². The number of hydrogen-bond acceptors (Lipinski definition) is 1. The van der Waals surface area contributed by atoms with Crippen LogP contribution in [0.25, 0.3) is 0 Å². The third kappa shape index (κ3) is 12.0. The van der Waals surface area contributed by atoms with Crippen LogP contribution in [0.15, 0.2) is 0 Å². The quantitative estimate of drug-likeness (QED) is 0.430. The molecule has 0 saturated carbocycles. The normalized spacial score (nSPS) is 10.1. The third-order valence-corrected chi connectivity index (χ3v) is 0.610. The molecule has 0 fully saturated rings. The summed E-state index contributed by atoms with van der Waals surface area (Å²) in [6.07, 6.45) is 0. The van der Waals surface area contributed by atoms with Gasteiger partial charge in [-0.05, 0) is 0 Å². The van der Waals surface area contributed by atoms with Gasteiger partial charge in [-0.1, -0.05) is 0 Å². The van der Waals surface area contributed by atoms with Crippen LogP contribution in [0, 0.1) is 0 Å². The van der Waals surface area contributed by atoms with Crippen LogP contribution in [-0.4, -0.2) is 81.0 Å². The third-order valence-electron chi connectivity index (χ3n) is 0.610. The number of carbonyl (C=O) groups is 1. The molecule has 0 aliphatic heterocycles. The van der Waals surface area contributed by atoms with E-state index >= 15 is 0 Å². The summed E-state index contributed by atoms with van der Waals surface area (Å²) >= 11 is 0. The van der Waals surface area contributed by atoms with E-state index < -0.39 is 5.97 Å². The molecule has 0 unspecified atom stereocenters. The predicted octanol–water partition coefficient (Wildman–Crippen LogP) is -0.604. The molecule has 4 heteroatoms. The molecule has 9 heavy (non-hydrogen) atoms. The Morgan fingerprint density at radius 2 is 1.78 bits per heavy atom. The summed E-state index contributed by atoms with van der Waals surface area (Å²) in [7, 11) is 5.52. The first-order valence-electron chi connectivity index (χ1n) is 2.44. The van der Waals surface area contributed by atoms with E-state index in [1.165, 1.54) is 0 Å². The summed E-state index contributed by atoms with van der Waals surface area (Å²) in [5.41, 5.74) is 0. The number of carboxylic acid groups (broad SMARTS) is 1. The van der Waals surface area contributed by atoms with E-state index in [2.05, 4.69) is 0 Å². The van der Waals surface area contributed by atoms with Crippen LogP contribution in [0.1, 0.15) is 0 Å². The summed E-state index contributed by atoms with van der Waals surface area (Å²) < 4.78 is 0.481. The molecule has 3 nitrogen and oxygen atoms in total. The molecule has 0 aliphatic carbocycles. The summed E-state index contributed by atoms with van der Waals surface area (Å²) in [6, 6.07) is 0. The molecule has 0 radical (unpaired) electrons. The van der Waals surface area contributed by atoms with Crippen molar-refractivity contribution in [2.75, 3.05) is 27.7 Å². The maximum atomic E-state index is 10.00. The average molecular weight is 158 g/mol. The van der Waals surface area contributed by atoms with Crippen molar-refractivity contribution in [3.8, 4) is 0 Å². The Kier molecular flexibility index (Phi) is 6.18. The van der Waals surface area contributed by atoms with Gasteiger partial charge >= 0.3 is 43.7 Å². The van der Waals surface area contributed by atoms with E-state index in [0.717, 1.165) is 0 Å². The van der Waals surface area contributed by atoms with Crippen molar-refractivity contribution in [1.82, 2.24) is 0 Å². The van der Waals surface area contributed by atoms with Crippen molar-refractivity contribution in [1.29, 1.82) is 0 Å². The van der Waals surface area contributed by atoms with Gasteiger partial charge in [0.1, 0.15) is 0 Å². The van der Waals surface area contributed by atoms with Crippen molar-refractivity contribution in [2.24, 2.45) is 0 Å². The van der Waals surface area contributed by atoms with Gasteiger partial charge < -0.3 is 9.59 Å². The number of hydrogen-bond donors (Lipinski definition) is 1. The van der Waals surface area contributed by atoms with E-state index in [4.69, 9.17) is 5.11 Å². The fourth-order valence-electron chi connectivity index (χ4n) is 0.406. The standard InChI is InChI=1S/C5H11NO2.Ca/c1-6(2,3)4-5(7)8;/h4H2,1-3H3;/q;+2/p+1. The average Bonchev–Trinajstić information content (AvgIpc) is 1.21. The maximum absolute atomic E-state index is 10.00. The molecule has 0 bridgehead atoms. The van der Waals surface area contributed by atoms with E-state index in [0.29, 0.717) is 4.48 Å². The van der Waals surface area contributed by atoms with Gasteiger partial charge in [-0.2, -0.15) is 0 Å². The molecule has 0 aromatic rings. The van der Waals surface area contributed by atoms with Gasteiger partial charge in [0.25, 0.3) is 0 Å². The van der Waals surface area contributed by atoms with Gasteiger partial charge in [0, 0.05) is 0 Å². The van der Waals surface area contributed by atoms with Crippen LogP contribution in [0.4, 0.5) is 0 Å². The zero-order chi connectivity index (χ0) is 6.78. The Morgan fingerprint density at radius 3 is 1.78 bits per heavy atom. The Balaban J connectivity index is 0. The SMILES string of the molecule is C[N+](C)(C)CC(=O)O.[Ca+2]. The van der Waals surface area contributed by atoms with Crippen LogP contribution < -0.4 is 0 Å². The largest absolute Gasteiger partial charge is 2.00 e. The Hall–Kier alpha value is 0.690. The molecule has 0 aliphatic rings. The summed E-state index contributed by atoms with van der Waals surface area (Å²) in [5, 5.41) is 8.23. The van der Waals surface area contributed by atoms with Crippen LogP contribution in [-0.2, 0) is 4.79 Å². The summed E-state index contributed by atoms with van der Waals surface area (Å²) in [6.45, 7) is 0.181. The molecule has 0 rings (SSSR count). The Bertz CT molecular complexity index is 97.6. The Morgan fingerprint density at radius 1 is 1.44 bits per heavy atom. The van der Waals surface area contributed by atoms with Gasteiger partial charge in [0.15, 0.2) is 6.54 Å². The molecular weight excluding hydrogens is 146 g/mol. The van der Waals surface area contributed by atoms with E-state index in [1.807, 2.05) is 21.1 Å². The van der Waals surface area contributed by atoms with Crippen LogP contribution in [0.5, 0.6) is 0 Å². The first-order valence-corrected chi connectivity index (χ1v) is 2.44. The first kappa shape index (κ1) is 12.4. The van der Waals surface area contributed by atoms with Crippen molar-refractivity contribution in [2.45, 2.75) is 0 Å². The first-order chi connectivity index (χ1) is 3.42. The minimum atomic E-state index is -0.752. The molecule has 0 atom stereocenters. The smallest absolute Gasteiger partial charge is 0.477 e. The van der Waals surface area contributed by atoms with E-state index in [9.17, 15) is 4.79 Å². The van der Waals surface area contributed by atoms with Gasteiger partial charge in [-0.3, -0.25) is 0 Å². The minimum absolute atomic E-state index is 0. The molecule has 0 spiro atoms. The van der Waals surface area contributed by atoms with Gasteiger partial charge in [0.05, 0.1) is 21.1 Å². The topological polar surface area (TPSA) is 37.3 Å². The zero-order valence-corrected chi connectivity index (χ0v) is 8.43. The zero-order valence-electron chi connectivity index (χ0n) is 6.22. The minimum Gasteiger partial charge on any atom is -0.477 e. The van der Waals surface area contributed by atoms with Crippen molar-refractivity contribution >= 4 is 43.7 Å². The van der Waals surface area contributed by atoms with Crippen molar-refractivity contribution in [3.63, 3.8) is 0 Å². The number of aliphatic carboxylic acids is 1. The second-order valence-corrected chi connectivity index (χ2v) is 2.84. The van der Waals surface area contributed by atoms with Crippen LogP contribution in [0.3, 0.4) is 0 Å². The number of likely N-dealkylation sites (N-methyl/N-ethyl adjacent to an activating group) is 1. The second kappa shape index (κ2) is 4.50. The molecule has 48 valence electrons. The molecule has 0 amide bonds. The molecular formula is C5H12CaNO2+3. The molecule has 0 saturated heterocycles. The maximum Gasteiger partial charge on any atom is 2.00 e. The van der Waals surface area contributed by atoms with Gasteiger partial charge in [0.2, 0.25) is 0 Å². The monoisotopic (exact) mass is 158 g/mol. The molecule has 0 heterocycles. The number of carboxylic acids is 1. The van der Waals surface area contributed by atoms with E-state index in [-0.39, 0.29) is 44.3 Å². The number of quaternary nitrogens is 1. The number of rotatable bonds is 2. The number of nitrogens with zero attached hydrogens (tertiary/aromatic N) is 1. The molecule has 0 aromatic heterocycles. The summed E-state index contributed by atoms with van der Waals surface area (Å²) in [4.78, 5) is 10.00. The second-order valence-electron chi connectivity index (χ2n) is 2.84. The van der Waals surface area contributed by atoms with Gasteiger partial charge in [-0.25, -0.2) is 4.79 Å². The molecule has 1 N–H and O–H groups in total. The predicted molar refractivity (Wildman–Crippen MR) is 36.3 cm³/mol. The summed E-state index contributed by atoms with van der Waals surface area (Å²) in [5.74, 6) is -0.752. The van der Waals surface area contributed by atoms with Gasteiger partial charge in [-0.15, -0.1) is 0 Å². The van der Waals surface area contributed by atoms with Crippen LogP contribution in [0.2, 0.25) is 0 Å². The fourth-order valence-corrected chi connectivity index (χ4v) is 0.406.